The standard InChI is InChI=1S/C22H28O4/c1-3-5-6-7-8-17-25-20-11-9-18(10-12-20)22(23)26-21-15-13-19(14-16-21)24-4-2/h9-16H,3-8,17H2,1-2H3. The molecule has 26 heavy (non-hydrogen) atoms. The topological polar surface area (TPSA) is 44.8 Å². The molecule has 0 saturated carbocycles. The number of esters is 1. The first-order chi connectivity index (χ1) is 12.7. The van der Waals surface area contributed by atoms with Crippen molar-refractivity contribution in [2.45, 2.75) is 46.0 Å². The van der Waals surface area contributed by atoms with Gasteiger partial charge in [-0.2, -0.15) is 0 Å². The van der Waals surface area contributed by atoms with Gasteiger partial charge < -0.3 is 14.2 Å². The highest BCUT2D eigenvalue weighted by molar-refractivity contribution is 5.91. The molecule has 0 fully saturated rings. The second-order valence-corrected chi connectivity index (χ2v) is 6.08. The molecule has 0 unspecified atom stereocenters. The van der Waals surface area contributed by atoms with E-state index < -0.39 is 0 Å². The van der Waals surface area contributed by atoms with Gasteiger partial charge in [-0.3, -0.25) is 0 Å². The Kier molecular flexibility index (Phi) is 8.53. The van der Waals surface area contributed by atoms with Crippen LogP contribution in [0.4, 0.5) is 0 Å². The van der Waals surface area contributed by atoms with Gasteiger partial charge in [0.25, 0.3) is 0 Å². The minimum absolute atomic E-state index is 0.389. The SMILES string of the molecule is CCCCCCCOc1ccc(C(=O)Oc2ccc(OCC)cc2)cc1. The predicted molar refractivity (Wildman–Crippen MR) is 103 cm³/mol. The van der Waals surface area contributed by atoms with Gasteiger partial charge in [0, 0.05) is 0 Å². The number of rotatable bonds is 11. The van der Waals surface area contributed by atoms with Crippen LogP contribution in [0.5, 0.6) is 17.2 Å². The number of hydrogen-bond acceptors (Lipinski definition) is 4. The van der Waals surface area contributed by atoms with Gasteiger partial charge >= 0.3 is 5.97 Å². The molecule has 0 aromatic heterocycles. The maximum atomic E-state index is 12.2. The molecule has 0 aliphatic carbocycles. The molecule has 0 bridgehead atoms. The monoisotopic (exact) mass is 356 g/mol. The van der Waals surface area contributed by atoms with Crippen molar-refractivity contribution in [3.05, 3.63) is 54.1 Å². The first kappa shape index (κ1) is 19.8. The largest absolute Gasteiger partial charge is 0.494 e. The van der Waals surface area contributed by atoms with Crippen LogP contribution < -0.4 is 14.2 Å². The van der Waals surface area contributed by atoms with Crippen LogP contribution in [0.15, 0.2) is 48.5 Å². The third-order valence-electron chi connectivity index (χ3n) is 3.95. The summed E-state index contributed by atoms with van der Waals surface area (Å²) in [5.74, 6) is 1.63. The number of hydrogen-bond donors (Lipinski definition) is 0. The van der Waals surface area contributed by atoms with E-state index in [1.165, 1.54) is 25.7 Å². The van der Waals surface area contributed by atoms with Crippen molar-refractivity contribution in [3.63, 3.8) is 0 Å². The van der Waals surface area contributed by atoms with Crippen LogP contribution in [-0.4, -0.2) is 19.2 Å². The van der Waals surface area contributed by atoms with Crippen LogP contribution in [0, 0.1) is 0 Å². The molecule has 0 heterocycles. The molecule has 2 rings (SSSR count). The minimum Gasteiger partial charge on any atom is -0.494 e. The molecule has 4 heteroatoms. The summed E-state index contributed by atoms with van der Waals surface area (Å²) in [5, 5.41) is 0. The van der Waals surface area contributed by atoms with Crippen LogP contribution in [0.3, 0.4) is 0 Å². The number of carbonyl (C=O) groups excluding carboxylic acids is 1. The Bertz CT molecular complexity index is 647. The van der Waals surface area contributed by atoms with Crippen molar-refractivity contribution in [2.24, 2.45) is 0 Å². The average Bonchev–Trinajstić information content (AvgIpc) is 2.67. The van der Waals surface area contributed by atoms with E-state index in [0.717, 1.165) is 17.9 Å². The Morgan fingerprint density at radius 1 is 0.731 bits per heavy atom. The van der Waals surface area contributed by atoms with Crippen molar-refractivity contribution >= 4 is 5.97 Å². The molecule has 140 valence electrons. The van der Waals surface area contributed by atoms with Gasteiger partial charge in [0.1, 0.15) is 17.2 Å². The summed E-state index contributed by atoms with van der Waals surface area (Å²) >= 11 is 0. The molecule has 0 atom stereocenters. The summed E-state index contributed by atoms with van der Waals surface area (Å²) in [6.45, 7) is 5.44. The van der Waals surface area contributed by atoms with Crippen molar-refractivity contribution < 1.29 is 19.0 Å². The summed E-state index contributed by atoms with van der Waals surface area (Å²) in [6, 6.07) is 14.1. The smallest absolute Gasteiger partial charge is 0.343 e. The molecule has 0 radical (unpaired) electrons. The van der Waals surface area contributed by atoms with Crippen LogP contribution in [-0.2, 0) is 0 Å². The summed E-state index contributed by atoms with van der Waals surface area (Å²) in [6.07, 6.45) is 6.04. The molecule has 2 aromatic rings. The second kappa shape index (κ2) is 11.2. The van der Waals surface area contributed by atoms with Crippen molar-refractivity contribution in [2.75, 3.05) is 13.2 Å². The van der Waals surface area contributed by atoms with Gasteiger partial charge in [-0.25, -0.2) is 4.79 Å². The number of unbranched alkanes of at least 4 members (excludes halogenated alkanes) is 4. The molecule has 4 nitrogen and oxygen atoms in total. The lowest BCUT2D eigenvalue weighted by atomic mass is 10.2. The molecular weight excluding hydrogens is 328 g/mol. The molecule has 0 saturated heterocycles. The highest BCUT2D eigenvalue weighted by atomic mass is 16.5. The maximum absolute atomic E-state index is 12.2. The third kappa shape index (κ3) is 6.79. The van der Waals surface area contributed by atoms with E-state index in [4.69, 9.17) is 14.2 Å². The Morgan fingerprint density at radius 3 is 1.96 bits per heavy atom. The van der Waals surface area contributed by atoms with Gasteiger partial charge in [-0.1, -0.05) is 32.6 Å². The lowest BCUT2D eigenvalue weighted by Gasteiger charge is -2.08. The van der Waals surface area contributed by atoms with E-state index in [0.29, 0.717) is 24.5 Å². The van der Waals surface area contributed by atoms with Crippen molar-refractivity contribution in [1.29, 1.82) is 0 Å². The fraction of sp³-hybridized carbons (Fsp3) is 0.409. The van der Waals surface area contributed by atoms with Gasteiger partial charge in [0.15, 0.2) is 0 Å². The first-order valence-corrected chi connectivity index (χ1v) is 9.40. The number of carbonyl (C=O) groups is 1. The van der Waals surface area contributed by atoms with Gasteiger partial charge in [-0.05, 0) is 61.9 Å². The zero-order valence-corrected chi connectivity index (χ0v) is 15.7. The Hall–Kier alpha value is -2.49. The zero-order chi connectivity index (χ0) is 18.6. The van der Waals surface area contributed by atoms with Crippen LogP contribution in [0.1, 0.15) is 56.3 Å². The molecular formula is C22H28O4. The van der Waals surface area contributed by atoms with E-state index in [9.17, 15) is 4.79 Å². The molecule has 0 N–H and O–H groups in total. The Balaban J connectivity index is 1.78. The number of ether oxygens (including phenoxy) is 3. The van der Waals surface area contributed by atoms with Crippen LogP contribution >= 0.6 is 0 Å². The van der Waals surface area contributed by atoms with Crippen molar-refractivity contribution in [1.82, 2.24) is 0 Å². The van der Waals surface area contributed by atoms with Crippen LogP contribution in [0.25, 0.3) is 0 Å². The summed E-state index contributed by atoms with van der Waals surface area (Å²) in [7, 11) is 0. The van der Waals surface area contributed by atoms with E-state index >= 15 is 0 Å². The van der Waals surface area contributed by atoms with Gasteiger partial charge in [0.2, 0.25) is 0 Å². The fourth-order valence-electron chi connectivity index (χ4n) is 2.52. The Morgan fingerprint density at radius 2 is 1.31 bits per heavy atom. The van der Waals surface area contributed by atoms with E-state index in [-0.39, 0.29) is 5.97 Å². The normalized spacial score (nSPS) is 10.4. The predicted octanol–water partition coefficient (Wildman–Crippen LogP) is 5.65. The van der Waals surface area contributed by atoms with Crippen LogP contribution in [0.2, 0.25) is 0 Å². The minimum atomic E-state index is -0.389. The van der Waals surface area contributed by atoms with E-state index in [2.05, 4.69) is 6.92 Å². The maximum Gasteiger partial charge on any atom is 0.343 e. The lowest BCUT2D eigenvalue weighted by Crippen LogP contribution is -2.08. The van der Waals surface area contributed by atoms with E-state index in [1.54, 1.807) is 48.5 Å². The van der Waals surface area contributed by atoms with Crippen molar-refractivity contribution in [3.8, 4) is 17.2 Å². The average molecular weight is 356 g/mol. The zero-order valence-electron chi connectivity index (χ0n) is 15.7. The molecule has 0 aliphatic heterocycles. The van der Waals surface area contributed by atoms with Gasteiger partial charge in [-0.15, -0.1) is 0 Å². The summed E-state index contributed by atoms with van der Waals surface area (Å²) in [5.41, 5.74) is 0.495. The molecule has 0 spiro atoms. The molecule has 0 amide bonds. The molecule has 2 aromatic carbocycles. The Labute approximate surface area is 156 Å². The quantitative estimate of drug-likeness (QED) is 0.296. The summed E-state index contributed by atoms with van der Waals surface area (Å²) in [4.78, 5) is 12.2. The highest BCUT2D eigenvalue weighted by Gasteiger charge is 2.09. The second-order valence-electron chi connectivity index (χ2n) is 6.08. The van der Waals surface area contributed by atoms with Gasteiger partial charge in [0.05, 0.1) is 18.8 Å². The molecule has 0 aliphatic rings. The number of benzene rings is 2. The third-order valence-corrected chi connectivity index (χ3v) is 3.95. The van der Waals surface area contributed by atoms with E-state index in [1.807, 2.05) is 6.92 Å². The summed E-state index contributed by atoms with van der Waals surface area (Å²) < 4.78 is 16.5. The first-order valence-electron chi connectivity index (χ1n) is 9.40. The lowest BCUT2D eigenvalue weighted by molar-refractivity contribution is 0.0734. The fourth-order valence-corrected chi connectivity index (χ4v) is 2.52. The highest BCUT2D eigenvalue weighted by Crippen LogP contribution is 2.19.